The van der Waals surface area contributed by atoms with Crippen molar-refractivity contribution in [2.45, 2.75) is 19.4 Å². The zero-order valence-electron chi connectivity index (χ0n) is 14.5. The Hall–Kier alpha value is -2.28. The first kappa shape index (κ1) is 18.5. The van der Waals surface area contributed by atoms with Gasteiger partial charge in [0.1, 0.15) is 11.6 Å². The number of hydrogen-bond donors (Lipinski definition) is 0. The summed E-state index contributed by atoms with van der Waals surface area (Å²) in [4.78, 5) is 29.0. The number of carbonyl (C=O) groups excluding carboxylic acids is 2. The van der Waals surface area contributed by atoms with Gasteiger partial charge < -0.3 is 9.80 Å². The summed E-state index contributed by atoms with van der Waals surface area (Å²) < 4.78 is 26.8. The third-order valence-electron chi connectivity index (χ3n) is 4.59. The van der Waals surface area contributed by atoms with E-state index in [1.165, 1.54) is 28.4 Å². The highest BCUT2D eigenvalue weighted by Crippen LogP contribution is 2.23. The summed E-state index contributed by atoms with van der Waals surface area (Å²) in [7, 11) is 1.60. The number of likely N-dealkylation sites (tertiary alicyclic amines) is 1. The van der Waals surface area contributed by atoms with Crippen LogP contribution in [0.2, 0.25) is 0 Å². The summed E-state index contributed by atoms with van der Waals surface area (Å²) in [6, 6.07) is 6.95. The molecule has 0 saturated carbocycles. The van der Waals surface area contributed by atoms with Crippen molar-refractivity contribution in [3.63, 3.8) is 0 Å². The zero-order valence-corrected chi connectivity index (χ0v) is 15.3. The Balaban J connectivity index is 1.64. The Labute approximate surface area is 155 Å². The maximum atomic E-state index is 13.8. The van der Waals surface area contributed by atoms with E-state index in [2.05, 4.69) is 0 Å². The van der Waals surface area contributed by atoms with E-state index in [0.29, 0.717) is 24.4 Å². The third-order valence-corrected chi connectivity index (χ3v) is 5.45. The molecule has 1 aliphatic rings. The third kappa shape index (κ3) is 4.09. The van der Waals surface area contributed by atoms with Gasteiger partial charge in [0.15, 0.2) is 0 Å². The molecule has 2 heterocycles. The molecule has 2 amide bonds. The van der Waals surface area contributed by atoms with Crippen LogP contribution in [0.3, 0.4) is 0 Å². The molecular formula is C19H20F2N2O2S. The van der Waals surface area contributed by atoms with Crippen molar-refractivity contribution in [1.82, 2.24) is 9.80 Å². The maximum Gasteiger partial charge on any atom is 0.263 e. The van der Waals surface area contributed by atoms with E-state index in [9.17, 15) is 18.4 Å². The Morgan fingerprint density at radius 1 is 1.31 bits per heavy atom. The van der Waals surface area contributed by atoms with E-state index in [1.54, 1.807) is 18.0 Å². The van der Waals surface area contributed by atoms with Crippen LogP contribution >= 0.6 is 11.3 Å². The van der Waals surface area contributed by atoms with Gasteiger partial charge in [-0.3, -0.25) is 9.59 Å². The van der Waals surface area contributed by atoms with Crippen molar-refractivity contribution in [3.05, 3.63) is 57.8 Å². The lowest BCUT2D eigenvalue weighted by atomic mass is 9.96. The van der Waals surface area contributed by atoms with Crippen molar-refractivity contribution in [2.75, 3.05) is 20.1 Å². The van der Waals surface area contributed by atoms with Crippen LogP contribution in [0, 0.1) is 17.6 Å². The van der Waals surface area contributed by atoms with E-state index < -0.39 is 11.6 Å². The molecule has 0 N–H and O–H groups in total. The molecule has 0 aliphatic carbocycles. The summed E-state index contributed by atoms with van der Waals surface area (Å²) in [5.74, 6) is -1.79. The maximum absolute atomic E-state index is 13.8. The number of halogens is 2. The molecule has 1 aromatic heterocycles. The molecule has 4 nitrogen and oxygen atoms in total. The fraction of sp³-hybridized carbons (Fsp3) is 0.368. The van der Waals surface area contributed by atoms with Gasteiger partial charge in [-0.05, 0) is 30.4 Å². The molecule has 1 saturated heterocycles. The largest absolute Gasteiger partial charge is 0.341 e. The molecule has 0 bridgehead atoms. The molecule has 1 aromatic carbocycles. The van der Waals surface area contributed by atoms with Crippen molar-refractivity contribution >= 4 is 23.2 Å². The van der Waals surface area contributed by atoms with Crippen LogP contribution in [-0.2, 0) is 11.3 Å². The van der Waals surface area contributed by atoms with Gasteiger partial charge in [0, 0.05) is 38.3 Å². The highest BCUT2D eigenvalue weighted by molar-refractivity contribution is 7.12. The number of piperidine rings is 1. The molecule has 138 valence electrons. The molecule has 1 aliphatic heterocycles. The van der Waals surface area contributed by atoms with E-state index in [4.69, 9.17) is 0 Å². The predicted octanol–water partition coefficient (Wildman–Crippen LogP) is 3.54. The Morgan fingerprint density at radius 2 is 2.12 bits per heavy atom. The molecule has 2 aromatic rings. The minimum absolute atomic E-state index is 0.0512. The zero-order chi connectivity index (χ0) is 18.7. The summed E-state index contributed by atoms with van der Waals surface area (Å²) in [5, 5.41) is 1.85. The molecule has 3 rings (SSSR count). The first-order valence-corrected chi connectivity index (χ1v) is 9.35. The summed E-state index contributed by atoms with van der Waals surface area (Å²) in [6.07, 6.45) is 1.45. The van der Waals surface area contributed by atoms with Crippen molar-refractivity contribution < 1.29 is 18.4 Å². The van der Waals surface area contributed by atoms with Crippen LogP contribution in [0.4, 0.5) is 8.78 Å². The Morgan fingerprint density at radius 3 is 2.81 bits per heavy atom. The van der Waals surface area contributed by atoms with Crippen LogP contribution in [0.15, 0.2) is 35.7 Å². The topological polar surface area (TPSA) is 40.6 Å². The van der Waals surface area contributed by atoms with Gasteiger partial charge in [0.05, 0.1) is 10.8 Å². The van der Waals surface area contributed by atoms with Crippen LogP contribution < -0.4 is 0 Å². The SMILES string of the molecule is CN(Cc1ccc(F)cc1F)C(=O)C1CCCN(C(=O)c2cccs2)C1. The second-order valence-corrected chi connectivity index (χ2v) is 7.45. The lowest BCUT2D eigenvalue weighted by Crippen LogP contribution is -2.45. The first-order valence-electron chi connectivity index (χ1n) is 8.47. The fourth-order valence-electron chi connectivity index (χ4n) is 3.21. The van der Waals surface area contributed by atoms with Gasteiger partial charge >= 0.3 is 0 Å². The number of thiophene rings is 1. The number of nitrogens with zero attached hydrogens (tertiary/aromatic N) is 2. The summed E-state index contributed by atoms with van der Waals surface area (Å²) in [5.41, 5.74) is 0.268. The Kier molecular flexibility index (Phi) is 5.66. The summed E-state index contributed by atoms with van der Waals surface area (Å²) in [6.45, 7) is 1.07. The van der Waals surface area contributed by atoms with Crippen LogP contribution in [0.5, 0.6) is 0 Å². The number of carbonyl (C=O) groups is 2. The molecule has 7 heteroatoms. The lowest BCUT2D eigenvalue weighted by Gasteiger charge is -2.33. The minimum Gasteiger partial charge on any atom is -0.341 e. The molecule has 1 fully saturated rings. The van der Waals surface area contributed by atoms with Crippen molar-refractivity contribution in [2.24, 2.45) is 5.92 Å². The van der Waals surface area contributed by atoms with E-state index >= 15 is 0 Å². The number of hydrogen-bond acceptors (Lipinski definition) is 3. The van der Waals surface area contributed by atoms with Gasteiger partial charge in [0.2, 0.25) is 5.91 Å². The Bertz CT molecular complexity index is 795. The van der Waals surface area contributed by atoms with Crippen LogP contribution in [0.1, 0.15) is 28.1 Å². The molecule has 26 heavy (non-hydrogen) atoms. The van der Waals surface area contributed by atoms with E-state index in [0.717, 1.165) is 12.5 Å². The fourth-order valence-corrected chi connectivity index (χ4v) is 3.91. The van der Waals surface area contributed by atoms with Gasteiger partial charge in [-0.15, -0.1) is 11.3 Å². The highest BCUT2D eigenvalue weighted by Gasteiger charge is 2.31. The highest BCUT2D eigenvalue weighted by atomic mass is 32.1. The van der Waals surface area contributed by atoms with Crippen LogP contribution in [0.25, 0.3) is 0 Å². The van der Waals surface area contributed by atoms with E-state index in [-0.39, 0.29) is 29.8 Å². The second-order valence-electron chi connectivity index (χ2n) is 6.50. The van der Waals surface area contributed by atoms with Crippen LogP contribution in [-0.4, -0.2) is 41.8 Å². The lowest BCUT2D eigenvalue weighted by molar-refractivity contribution is -0.136. The minimum atomic E-state index is -0.664. The smallest absolute Gasteiger partial charge is 0.263 e. The molecule has 1 atom stereocenters. The van der Waals surface area contributed by atoms with E-state index in [1.807, 2.05) is 11.4 Å². The predicted molar refractivity (Wildman–Crippen MR) is 95.8 cm³/mol. The van der Waals surface area contributed by atoms with Gasteiger partial charge in [0.25, 0.3) is 5.91 Å². The van der Waals surface area contributed by atoms with Gasteiger partial charge in [-0.25, -0.2) is 8.78 Å². The molecular weight excluding hydrogens is 358 g/mol. The molecule has 0 radical (unpaired) electrons. The quantitative estimate of drug-likeness (QED) is 0.817. The van der Waals surface area contributed by atoms with Crippen molar-refractivity contribution in [1.29, 1.82) is 0 Å². The number of amides is 2. The average molecular weight is 378 g/mol. The second kappa shape index (κ2) is 7.95. The monoisotopic (exact) mass is 378 g/mol. The van der Waals surface area contributed by atoms with Crippen molar-refractivity contribution in [3.8, 4) is 0 Å². The normalized spacial score (nSPS) is 17.2. The molecule has 1 unspecified atom stereocenters. The summed E-state index contributed by atoms with van der Waals surface area (Å²) >= 11 is 1.39. The van der Waals surface area contributed by atoms with Gasteiger partial charge in [-0.2, -0.15) is 0 Å². The average Bonchev–Trinajstić information content (AvgIpc) is 3.17. The number of benzene rings is 1. The standard InChI is InChI=1S/C19H20F2N2O2S/c1-22(11-13-6-7-15(20)10-16(13)21)18(24)14-4-2-8-23(12-14)19(25)17-5-3-9-26-17/h3,5-7,9-10,14H,2,4,8,11-12H2,1H3. The molecule has 0 spiro atoms. The first-order chi connectivity index (χ1) is 12.5. The van der Waals surface area contributed by atoms with Gasteiger partial charge in [-0.1, -0.05) is 12.1 Å². The number of rotatable bonds is 4.